The number of rotatable bonds is 1. The first-order chi connectivity index (χ1) is 5.15. The van der Waals surface area contributed by atoms with Crippen molar-refractivity contribution in [1.29, 1.82) is 0 Å². The molecule has 0 aliphatic rings. The van der Waals surface area contributed by atoms with Gasteiger partial charge in [0.1, 0.15) is 0 Å². The molecule has 0 N–H and O–H groups in total. The molecule has 0 bridgehead atoms. The van der Waals surface area contributed by atoms with Gasteiger partial charge in [-0.1, -0.05) is 23.2 Å². The van der Waals surface area contributed by atoms with Crippen LogP contribution in [-0.4, -0.2) is 6.29 Å². The van der Waals surface area contributed by atoms with Crippen molar-refractivity contribution in [3.8, 4) is 0 Å². The number of carbonyl (C=O) groups excluding carboxylic acids is 1. The SMILES string of the molecule is Cc1c(Cl)cc([C]=O)cc1Cl. The van der Waals surface area contributed by atoms with E-state index in [2.05, 4.69) is 0 Å². The topological polar surface area (TPSA) is 17.1 Å². The summed E-state index contributed by atoms with van der Waals surface area (Å²) in [6, 6.07) is 3.07. The van der Waals surface area contributed by atoms with Gasteiger partial charge >= 0.3 is 0 Å². The molecular weight excluding hydrogens is 183 g/mol. The third kappa shape index (κ3) is 1.73. The smallest absolute Gasteiger partial charge is 0.233 e. The van der Waals surface area contributed by atoms with Crippen molar-refractivity contribution in [3.63, 3.8) is 0 Å². The van der Waals surface area contributed by atoms with Crippen molar-refractivity contribution in [2.24, 2.45) is 0 Å². The maximum atomic E-state index is 10.2. The standard InChI is InChI=1S/C8H5Cl2O/c1-5-7(9)2-6(4-11)3-8(5)10/h2-3H,1H3. The third-order valence-electron chi connectivity index (χ3n) is 1.40. The van der Waals surface area contributed by atoms with Crippen LogP contribution >= 0.6 is 23.2 Å². The fourth-order valence-electron chi connectivity index (χ4n) is 0.704. The molecule has 0 spiro atoms. The van der Waals surface area contributed by atoms with E-state index in [-0.39, 0.29) is 0 Å². The lowest BCUT2D eigenvalue weighted by molar-refractivity contribution is 0.563. The summed E-state index contributed by atoms with van der Waals surface area (Å²) in [4.78, 5) is 10.2. The fraction of sp³-hybridized carbons (Fsp3) is 0.125. The summed E-state index contributed by atoms with van der Waals surface area (Å²) >= 11 is 11.5. The van der Waals surface area contributed by atoms with E-state index in [0.29, 0.717) is 15.6 Å². The van der Waals surface area contributed by atoms with E-state index in [9.17, 15) is 4.79 Å². The van der Waals surface area contributed by atoms with E-state index in [0.717, 1.165) is 5.56 Å². The summed E-state index contributed by atoms with van der Waals surface area (Å²) in [7, 11) is 0. The number of halogens is 2. The van der Waals surface area contributed by atoms with Gasteiger partial charge in [0.25, 0.3) is 0 Å². The zero-order chi connectivity index (χ0) is 8.43. The van der Waals surface area contributed by atoms with Gasteiger partial charge in [0.05, 0.1) is 0 Å². The molecule has 1 aromatic carbocycles. The van der Waals surface area contributed by atoms with Crippen LogP contribution in [0.25, 0.3) is 0 Å². The van der Waals surface area contributed by atoms with E-state index < -0.39 is 0 Å². The minimum absolute atomic E-state index is 0.380. The number of benzene rings is 1. The first-order valence-corrected chi connectivity index (χ1v) is 3.74. The predicted molar refractivity (Wildman–Crippen MR) is 46.0 cm³/mol. The van der Waals surface area contributed by atoms with E-state index in [1.807, 2.05) is 0 Å². The summed E-state index contributed by atoms with van der Waals surface area (Å²) in [5.74, 6) is 0. The van der Waals surface area contributed by atoms with Gasteiger partial charge in [-0.2, -0.15) is 0 Å². The summed E-state index contributed by atoms with van der Waals surface area (Å²) in [6.45, 7) is 1.79. The van der Waals surface area contributed by atoms with E-state index in [4.69, 9.17) is 23.2 Å². The molecule has 0 fully saturated rings. The molecule has 1 rings (SSSR count). The first-order valence-electron chi connectivity index (χ1n) is 2.99. The van der Waals surface area contributed by atoms with Crippen molar-refractivity contribution < 1.29 is 4.79 Å². The first kappa shape index (κ1) is 8.57. The lowest BCUT2D eigenvalue weighted by Gasteiger charge is -2.00. The second-order valence-electron chi connectivity index (χ2n) is 2.17. The molecule has 11 heavy (non-hydrogen) atoms. The normalized spacial score (nSPS) is 9.73. The fourth-order valence-corrected chi connectivity index (χ4v) is 1.19. The van der Waals surface area contributed by atoms with Gasteiger partial charge in [0.2, 0.25) is 6.29 Å². The van der Waals surface area contributed by atoms with Crippen LogP contribution in [0.4, 0.5) is 0 Å². The summed E-state index contributed by atoms with van der Waals surface area (Å²) < 4.78 is 0. The number of hydrogen-bond acceptors (Lipinski definition) is 1. The van der Waals surface area contributed by atoms with Crippen LogP contribution < -0.4 is 0 Å². The van der Waals surface area contributed by atoms with Gasteiger partial charge in [-0.25, -0.2) is 0 Å². The number of hydrogen-bond donors (Lipinski definition) is 0. The average Bonchev–Trinajstić information content (AvgIpc) is 1.99. The molecule has 0 saturated heterocycles. The molecule has 0 saturated carbocycles. The Hall–Kier alpha value is -0.530. The molecule has 3 heteroatoms. The van der Waals surface area contributed by atoms with Crippen LogP contribution in [-0.2, 0) is 4.79 Å². The van der Waals surface area contributed by atoms with Gasteiger partial charge in [-0.05, 0) is 24.6 Å². The highest BCUT2D eigenvalue weighted by molar-refractivity contribution is 6.36. The van der Waals surface area contributed by atoms with Crippen molar-refractivity contribution >= 4 is 29.5 Å². The minimum atomic E-state index is 0.380. The van der Waals surface area contributed by atoms with Gasteiger partial charge in [0, 0.05) is 15.6 Å². The maximum Gasteiger partial charge on any atom is 0.233 e. The van der Waals surface area contributed by atoms with Crippen LogP contribution in [0.3, 0.4) is 0 Å². The summed E-state index contributed by atoms with van der Waals surface area (Å²) in [6.07, 6.45) is 1.72. The summed E-state index contributed by atoms with van der Waals surface area (Å²) in [5.41, 5.74) is 1.16. The lowest BCUT2D eigenvalue weighted by Crippen LogP contribution is -1.84. The van der Waals surface area contributed by atoms with Gasteiger partial charge in [-0.15, -0.1) is 0 Å². The third-order valence-corrected chi connectivity index (χ3v) is 2.18. The Kier molecular flexibility index (Phi) is 2.53. The predicted octanol–water partition coefficient (Wildman–Crippen LogP) is 2.76. The Labute approximate surface area is 74.9 Å². The average molecular weight is 188 g/mol. The zero-order valence-corrected chi connectivity index (χ0v) is 7.33. The van der Waals surface area contributed by atoms with Gasteiger partial charge in [0.15, 0.2) is 0 Å². The van der Waals surface area contributed by atoms with Crippen LogP contribution in [0.2, 0.25) is 10.0 Å². The summed E-state index contributed by atoms with van der Waals surface area (Å²) in [5, 5.41) is 0.992. The molecule has 0 unspecified atom stereocenters. The van der Waals surface area contributed by atoms with Gasteiger partial charge in [-0.3, -0.25) is 4.79 Å². The second-order valence-corrected chi connectivity index (χ2v) is 2.98. The lowest BCUT2D eigenvalue weighted by atomic mass is 10.2. The zero-order valence-electron chi connectivity index (χ0n) is 5.82. The highest BCUT2D eigenvalue weighted by Gasteiger charge is 2.02. The van der Waals surface area contributed by atoms with Crippen LogP contribution in [0.1, 0.15) is 11.1 Å². The van der Waals surface area contributed by atoms with Crippen molar-refractivity contribution in [2.45, 2.75) is 6.92 Å². The Morgan fingerprint density at radius 2 is 1.73 bits per heavy atom. The highest BCUT2D eigenvalue weighted by Crippen LogP contribution is 2.24. The molecule has 1 radical (unpaired) electrons. The highest BCUT2D eigenvalue weighted by atomic mass is 35.5. The molecule has 0 aliphatic carbocycles. The van der Waals surface area contributed by atoms with Crippen LogP contribution in [0.5, 0.6) is 0 Å². The van der Waals surface area contributed by atoms with Gasteiger partial charge < -0.3 is 0 Å². The van der Waals surface area contributed by atoms with Crippen molar-refractivity contribution in [2.75, 3.05) is 0 Å². The Bertz CT molecular complexity index is 271. The second kappa shape index (κ2) is 3.24. The monoisotopic (exact) mass is 187 g/mol. The molecule has 0 atom stereocenters. The Morgan fingerprint density at radius 1 is 1.27 bits per heavy atom. The largest absolute Gasteiger partial charge is 0.285 e. The quantitative estimate of drug-likeness (QED) is 0.662. The van der Waals surface area contributed by atoms with Crippen LogP contribution in [0.15, 0.2) is 12.1 Å². The van der Waals surface area contributed by atoms with Crippen molar-refractivity contribution in [1.82, 2.24) is 0 Å². The minimum Gasteiger partial charge on any atom is -0.285 e. The van der Waals surface area contributed by atoms with E-state index >= 15 is 0 Å². The van der Waals surface area contributed by atoms with Crippen LogP contribution in [0, 0.1) is 6.92 Å². The molecule has 1 nitrogen and oxygen atoms in total. The Morgan fingerprint density at radius 3 is 2.09 bits per heavy atom. The maximum absolute atomic E-state index is 10.2. The van der Waals surface area contributed by atoms with Crippen molar-refractivity contribution in [3.05, 3.63) is 33.3 Å². The molecule has 0 aliphatic heterocycles. The van der Waals surface area contributed by atoms with E-state index in [1.54, 1.807) is 13.2 Å². The van der Waals surface area contributed by atoms with E-state index in [1.165, 1.54) is 12.1 Å². The molecule has 0 heterocycles. The molecule has 1 aromatic rings. The molecule has 0 aromatic heterocycles. The Balaban J connectivity index is 3.31. The molecule has 57 valence electrons. The molecule has 0 amide bonds. The molecular formula is C8H5Cl2O.